The van der Waals surface area contributed by atoms with E-state index >= 15 is 0 Å². The number of nitriles is 1. The van der Waals surface area contributed by atoms with E-state index in [1.807, 2.05) is 6.07 Å². The van der Waals surface area contributed by atoms with Crippen LogP contribution in [0.15, 0.2) is 54.1 Å². The molecule has 0 aliphatic heterocycles. The predicted molar refractivity (Wildman–Crippen MR) is 102 cm³/mol. The lowest BCUT2D eigenvalue weighted by Crippen LogP contribution is -2.14. The molecule has 7 heteroatoms. The summed E-state index contributed by atoms with van der Waals surface area (Å²) in [6.45, 7) is 1.83. The minimum absolute atomic E-state index is 0.0508. The average molecular weight is 385 g/mol. The Balaban J connectivity index is 2.01. The fraction of sp³-hybridized carbons (Fsp3) is 0.150. The second kappa shape index (κ2) is 10.00. The maximum Gasteiger partial charge on any atom is 0.344 e. The van der Waals surface area contributed by atoms with E-state index in [1.54, 1.807) is 55.5 Å². The molecule has 0 saturated carbocycles. The van der Waals surface area contributed by atoms with Crippen molar-refractivity contribution >= 4 is 35.2 Å². The van der Waals surface area contributed by atoms with Crippen molar-refractivity contribution in [2.45, 2.75) is 6.92 Å². The number of nitrogens with one attached hydrogen (secondary N) is 1. The van der Waals surface area contributed by atoms with Gasteiger partial charge in [-0.05, 0) is 55.0 Å². The van der Waals surface area contributed by atoms with E-state index < -0.39 is 11.9 Å². The van der Waals surface area contributed by atoms with Crippen molar-refractivity contribution in [3.05, 3.63) is 64.7 Å². The van der Waals surface area contributed by atoms with Gasteiger partial charge >= 0.3 is 5.97 Å². The summed E-state index contributed by atoms with van der Waals surface area (Å²) in [5.74, 6) is -0.501. The number of esters is 1. The number of hydrogen-bond acceptors (Lipinski definition) is 5. The summed E-state index contributed by atoms with van der Waals surface area (Å²) < 4.78 is 10.1. The summed E-state index contributed by atoms with van der Waals surface area (Å²) in [5.41, 5.74) is 1.12. The zero-order valence-electron chi connectivity index (χ0n) is 14.6. The maximum atomic E-state index is 12.2. The molecule has 0 radical (unpaired) electrons. The van der Waals surface area contributed by atoms with E-state index in [-0.39, 0.29) is 12.2 Å². The lowest BCUT2D eigenvalue weighted by molar-refractivity contribution is -0.145. The van der Waals surface area contributed by atoms with E-state index in [0.29, 0.717) is 28.6 Å². The smallest absolute Gasteiger partial charge is 0.344 e. The summed E-state index contributed by atoms with van der Waals surface area (Å²) in [6.07, 6.45) is 1.46. The molecule has 0 heterocycles. The number of halogens is 1. The van der Waals surface area contributed by atoms with Crippen LogP contribution in [0.1, 0.15) is 12.5 Å². The van der Waals surface area contributed by atoms with Gasteiger partial charge in [-0.3, -0.25) is 4.79 Å². The van der Waals surface area contributed by atoms with E-state index in [0.717, 1.165) is 0 Å². The number of benzene rings is 2. The molecule has 0 saturated heterocycles. The van der Waals surface area contributed by atoms with E-state index in [2.05, 4.69) is 5.32 Å². The van der Waals surface area contributed by atoms with Crippen molar-refractivity contribution in [3.8, 4) is 11.8 Å². The molecule has 2 aromatic rings. The SMILES string of the molecule is CCOC(=O)COc1ccc(/C=C(/C#N)C(=O)Nc2ccc(Cl)cc2)cc1. The third-order valence-corrected chi connectivity index (χ3v) is 3.57. The van der Waals surface area contributed by atoms with Gasteiger partial charge in [-0.25, -0.2) is 4.79 Å². The van der Waals surface area contributed by atoms with Gasteiger partial charge in [0.2, 0.25) is 0 Å². The topological polar surface area (TPSA) is 88.4 Å². The van der Waals surface area contributed by atoms with Gasteiger partial charge in [0.1, 0.15) is 17.4 Å². The highest BCUT2D eigenvalue weighted by Gasteiger charge is 2.10. The lowest BCUT2D eigenvalue weighted by atomic mass is 10.1. The van der Waals surface area contributed by atoms with Crippen LogP contribution in [0.3, 0.4) is 0 Å². The summed E-state index contributed by atoms with van der Waals surface area (Å²) in [6, 6.07) is 15.1. The molecule has 0 atom stereocenters. The normalized spacial score (nSPS) is 10.6. The second-order valence-corrected chi connectivity index (χ2v) is 5.73. The highest BCUT2D eigenvalue weighted by atomic mass is 35.5. The molecule has 2 aromatic carbocycles. The Morgan fingerprint density at radius 1 is 1.15 bits per heavy atom. The number of ether oxygens (including phenoxy) is 2. The van der Waals surface area contributed by atoms with Gasteiger partial charge in [0.05, 0.1) is 6.61 Å². The minimum Gasteiger partial charge on any atom is -0.482 e. The van der Waals surface area contributed by atoms with Crippen molar-refractivity contribution in [2.75, 3.05) is 18.5 Å². The number of rotatable bonds is 7. The number of carbonyl (C=O) groups excluding carboxylic acids is 2. The number of carbonyl (C=O) groups is 2. The van der Waals surface area contributed by atoms with Crippen LogP contribution >= 0.6 is 11.6 Å². The minimum atomic E-state index is -0.525. The van der Waals surface area contributed by atoms with Crippen LogP contribution in [-0.2, 0) is 14.3 Å². The lowest BCUT2D eigenvalue weighted by Gasteiger charge is -2.06. The Labute approximate surface area is 162 Å². The number of amides is 1. The zero-order chi connectivity index (χ0) is 19.6. The molecule has 0 bridgehead atoms. The third kappa shape index (κ3) is 6.49. The largest absolute Gasteiger partial charge is 0.482 e. The molecule has 0 unspecified atom stereocenters. The summed E-state index contributed by atoms with van der Waals surface area (Å²) in [7, 11) is 0. The Hall–Kier alpha value is -3.30. The van der Waals surface area contributed by atoms with Gasteiger partial charge in [0.15, 0.2) is 6.61 Å². The summed E-state index contributed by atoms with van der Waals surface area (Å²) >= 11 is 5.80. The number of hydrogen-bond donors (Lipinski definition) is 1. The van der Waals surface area contributed by atoms with Crippen molar-refractivity contribution in [1.29, 1.82) is 5.26 Å². The van der Waals surface area contributed by atoms with Crippen molar-refractivity contribution < 1.29 is 19.1 Å². The molecular formula is C20H17ClN2O4. The molecule has 0 aliphatic rings. The zero-order valence-corrected chi connectivity index (χ0v) is 15.3. The molecule has 0 aromatic heterocycles. The second-order valence-electron chi connectivity index (χ2n) is 5.29. The first-order chi connectivity index (χ1) is 13.0. The predicted octanol–water partition coefficient (Wildman–Crippen LogP) is 3.83. The van der Waals surface area contributed by atoms with Gasteiger partial charge in [-0.15, -0.1) is 0 Å². The quantitative estimate of drug-likeness (QED) is 0.445. The number of anilines is 1. The Bertz CT molecular complexity index is 868. The Kier molecular flexibility index (Phi) is 7.41. The third-order valence-electron chi connectivity index (χ3n) is 3.32. The van der Waals surface area contributed by atoms with Crippen LogP contribution in [0.25, 0.3) is 6.08 Å². The molecule has 1 N–H and O–H groups in total. The highest BCUT2D eigenvalue weighted by molar-refractivity contribution is 6.30. The Morgan fingerprint density at radius 2 is 1.81 bits per heavy atom. The molecular weight excluding hydrogens is 368 g/mol. The highest BCUT2D eigenvalue weighted by Crippen LogP contribution is 2.17. The first-order valence-electron chi connectivity index (χ1n) is 8.09. The molecule has 2 rings (SSSR count). The fourth-order valence-electron chi connectivity index (χ4n) is 2.05. The molecule has 6 nitrogen and oxygen atoms in total. The monoisotopic (exact) mass is 384 g/mol. The average Bonchev–Trinajstić information content (AvgIpc) is 2.67. The van der Waals surface area contributed by atoms with Gasteiger partial charge in [-0.1, -0.05) is 23.7 Å². The van der Waals surface area contributed by atoms with Gasteiger partial charge in [-0.2, -0.15) is 5.26 Å². The van der Waals surface area contributed by atoms with Gasteiger partial charge in [0.25, 0.3) is 5.91 Å². The molecule has 138 valence electrons. The standard InChI is InChI=1S/C20H17ClN2O4/c1-2-26-19(24)13-27-18-9-3-14(4-10-18)11-15(12-22)20(25)23-17-7-5-16(21)6-8-17/h3-11H,2,13H2,1H3,(H,23,25)/b15-11-. The summed E-state index contributed by atoms with van der Waals surface area (Å²) in [4.78, 5) is 23.5. The molecule has 1 amide bonds. The first-order valence-corrected chi connectivity index (χ1v) is 8.47. The molecule has 0 spiro atoms. The number of nitrogens with zero attached hydrogens (tertiary/aromatic N) is 1. The van der Waals surface area contributed by atoms with E-state index in [1.165, 1.54) is 6.08 Å². The van der Waals surface area contributed by atoms with E-state index in [9.17, 15) is 14.9 Å². The molecule has 0 fully saturated rings. The van der Waals surface area contributed by atoms with Crippen molar-refractivity contribution in [3.63, 3.8) is 0 Å². The van der Waals surface area contributed by atoms with Gasteiger partial charge < -0.3 is 14.8 Å². The first kappa shape index (κ1) is 20.0. The van der Waals surface area contributed by atoms with Crippen molar-refractivity contribution in [1.82, 2.24) is 0 Å². The maximum absolute atomic E-state index is 12.2. The van der Waals surface area contributed by atoms with Crippen molar-refractivity contribution in [2.24, 2.45) is 0 Å². The molecule has 0 aliphatic carbocycles. The van der Waals surface area contributed by atoms with Crippen LogP contribution in [0, 0.1) is 11.3 Å². The van der Waals surface area contributed by atoms with Crippen LogP contribution in [0.4, 0.5) is 5.69 Å². The summed E-state index contributed by atoms with van der Waals surface area (Å²) in [5, 5.41) is 12.4. The van der Waals surface area contributed by atoms with Crippen LogP contribution in [-0.4, -0.2) is 25.1 Å². The van der Waals surface area contributed by atoms with Crippen LogP contribution in [0.2, 0.25) is 5.02 Å². The van der Waals surface area contributed by atoms with Crippen LogP contribution < -0.4 is 10.1 Å². The van der Waals surface area contributed by atoms with E-state index in [4.69, 9.17) is 21.1 Å². The van der Waals surface area contributed by atoms with Crippen LogP contribution in [0.5, 0.6) is 5.75 Å². The fourth-order valence-corrected chi connectivity index (χ4v) is 2.18. The molecule has 27 heavy (non-hydrogen) atoms. The van der Waals surface area contributed by atoms with Gasteiger partial charge in [0, 0.05) is 10.7 Å². The Morgan fingerprint density at radius 3 is 2.41 bits per heavy atom.